The van der Waals surface area contributed by atoms with Crippen LogP contribution in [0.5, 0.6) is 0 Å². The number of rotatable bonds is 9. The van der Waals surface area contributed by atoms with Gasteiger partial charge in [-0.2, -0.15) is 0 Å². The van der Waals surface area contributed by atoms with E-state index in [4.69, 9.17) is 15.0 Å². The van der Waals surface area contributed by atoms with E-state index in [9.17, 15) is 0 Å². The van der Waals surface area contributed by atoms with Gasteiger partial charge in [-0.25, -0.2) is 15.0 Å². The Hall–Kier alpha value is -10.4. The molecule has 0 radical (unpaired) electrons. The van der Waals surface area contributed by atoms with Gasteiger partial charge in [-0.3, -0.25) is 0 Å². The molecule has 7 heteroatoms. The second-order valence-electron chi connectivity index (χ2n) is 19.7. The quantitative estimate of drug-likeness (QED) is 0.145. The Labute approximate surface area is 444 Å². The van der Waals surface area contributed by atoms with Gasteiger partial charge in [-0.15, -0.1) is 0 Å². The third-order valence-corrected chi connectivity index (χ3v) is 15.3. The molecule has 15 aromatic rings. The van der Waals surface area contributed by atoms with E-state index in [0.29, 0.717) is 17.5 Å². The molecule has 0 bridgehead atoms. The van der Waals surface area contributed by atoms with Gasteiger partial charge in [-0.1, -0.05) is 188 Å². The molecule has 15 rings (SSSR count). The van der Waals surface area contributed by atoms with E-state index in [-0.39, 0.29) is 0 Å². The van der Waals surface area contributed by atoms with E-state index in [1.54, 1.807) is 0 Å². The molecular weight excluding hydrogens is 939 g/mol. The Balaban J connectivity index is 0.899. The molecule has 7 nitrogen and oxygen atoms in total. The number of hydrogen-bond acceptors (Lipinski definition) is 4. The average molecular weight is 986 g/mol. The van der Waals surface area contributed by atoms with Crippen molar-refractivity contribution in [2.45, 2.75) is 0 Å². The van der Waals surface area contributed by atoms with E-state index in [2.05, 4.69) is 274 Å². The number of hydrogen-bond donors (Lipinski definition) is 0. The molecule has 362 valence electrons. The molecule has 0 spiro atoms. The van der Waals surface area contributed by atoms with Crippen molar-refractivity contribution in [3.8, 4) is 62.4 Å². The minimum absolute atomic E-state index is 0.589. The zero-order chi connectivity index (χ0) is 51.0. The van der Waals surface area contributed by atoms with Crippen LogP contribution in [0.4, 0.5) is 11.4 Å². The summed E-state index contributed by atoms with van der Waals surface area (Å²) in [5.41, 5.74) is 17.2. The van der Waals surface area contributed by atoms with Gasteiger partial charge in [0.1, 0.15) is 0 Å². The van der Waals surface area contributed by atoms with Crippen molar-refractivity contribution in [3.05, 3.63) is 267 Å². The second-order valence-corrected chi connectivity index (χ2v) is 19.7. The van der Waals surface area contributed by atoms with Crippen LogP contribution in [-0.2, 0) is 0 Å². The summed E-state index contributed by atoms with van der Waals surface area (Å²) in [4.78, 5) is 18.2. The second kappa shape index (κ2) is 17.9. The summed E-state index contributed by atoms with van der Waals surface area (Å²) < 4.78 is 7.23. The molecule has 0 saturated heterocycles. The van der Waals surface area contributed by atoms with Crippen LogP contribution in [0.25, 0.3) is 128 Å². The number of benzene rings is 11. The minimum Gasteiger partial charge on any atom is -0.344 e. The van der Waals surface area contributed by atoms with Crippen LogP contribution < -0.4 is 4.90 Å². The topological polar surface area (TPSA) is 56.7 Å². The molecule has 4 aromatic heterocycles. The largest absolute Gasteiger partial charge is 0.344 e. The number of nitrogens with zero attached hydrogens (tertiary/aromatic N) is 7. The molecule has 0 amide bonds. The SMILES string of the molecule is CN(c1ccccc1)c1ccccc1-c1ccc2c3ccccc3n(-c3cccc(-c4nc(-c5ccccc5)nc(-c5cccc(-n6c7ccccc7c7ccc8c9ccccc9n(-c9ccccc9)c8c76)c5)n4)c3)c2c1. The standard InChI is InChI=1S/C70H47N7/c1-74(50-25-7-3-8-26-50)61-35-15-11-31-54(61)47-39-40-58-55-32-12-16-36-62(55)75(65(58)45-47)52-29-19-23-48(43-52)69-71-68(46-21-5-2-6-22-46)72-70(73-69)49-24-20-30-53(44-49)77-64-38-18-14-34-57(64)60-42-41-59-56-33-13-17-37-63(56)76(66(59)67(60)77)51-27-9-4-10-28-51/h2-45H,1H3. The van der Waals surface area contributed by atoms with Crippen molar-refractivity contribution in [2.75, 3.05) is 11.9 Å². The highest BCUT2D eigenvalue weighted by molar-refractivity contribution is 6.24. The van der Waals surface area contributed by atoms with Crippen LogP contribution in [0.1, 0.15) is 0 Å². The van der Waals surface area contributed by atoms with Crippen LogP contribution in [-0.4, -0.2) is 35.7 Å². The van der Waals surface area contributed by atoms with E-state index < -0.39 is 0 Å². The number of anilines is 2. The van der Waals surface area contributed by atoms with Gasteiger partial charge in [0.2, 0.25) is 0 Å². The summed E-state index contributed by atoms with van der Waals surface area (Å²) in [6.07, 6.45) is 0. The monoisotopic (exact) mass is 985 g/mol. The lowest BCUT2D eigenvalue weighted by molar-refractivity contribution is 1.07. The van der Waals surface area contributed by atoms with Crippen LogP contribution in [0.3, 0.4) is 0 Å². The first kappa shape index (κ1) is 44.1. The summed E-state index contributed by atoms with van der Waals surface area (Å²) in [5, 5.41) is 7.16. The first-order valence-electron chi connectivity index (χ1n) is 26.1. The third-order valence-electron chi connectivity index (χ3n) is 15.3. The number of fused-ring (bicyclic) bond motifs is 10. The normalized spacial score (nSPS) is 11.7. The smallest absolute Gasteiger partial charge is 0.164 e. The maximum absolute atomic E-state index is 5.38. The molecule has 77 heavy (non-hydrogen) atoms. The lowest BCUT2D eigenvalue weighted by Crippen LogP contribution is -2.10. The highest BCUT2D eigenvalue weighted by atomic mass is 15.1. The van der Waals surface area contributed by atoms with Crippen LogP contribution >= 0.6 is 0 Å². The van der Waals surface area contributed by atoms with Gasteiger partial charge in [0, 0.05) is 90.1 Å². The number of aromatic nitrogens is 6. The summed E-state index contributed by atoms with van der Waals surface area (Å²) in [6.45, 7) is 0. The molecule has 11 aromatic carbocycles. The first-order valence-corrected chi connectivity index (χ1v) is 26.1. The van der Waals surface area contributed by atoms with Crippen molar-refractivity contribution in [2.24, 2.45) is 0 Å². The summed E-state index contributed by atoms with van der Waals surface area (Å²) in [5.74, 6) is 1.78. The summed E-state index contributed by atoms with van der Waals surface area (Å²) in [6, 6.07) is 95.0. The third kappa shape index (κ3) is 7.24. The average Bonchev–Trinajstić information content (AvgIpc) is 4.35. The molecule has 0 aliphatic rings. The van der Waals surface area contributed by atoms with Gasteiger partial charge in [0.25, 0.3) is 0 Å². The zero-order valence-corrected chi connectivity index (χ0v) is 42.0. The Morgan fingerprint density at radius 3 is 1.31 bits per heavy atom. The summed E-state index contributed by atoms with van der Waals surface area (Å²) >= 11 is 0. The molecule has 0 unspecified atom stereocenters. The maximum atomic E-state index is 5.38. The Morgan fingerprint density at radius 2 is 0.701 bits per heavy atom. The van der Waals surface area contributed by atoms with Crippen LogP contribution in [0.2, 0.25) is 0 Å². The Bertz CT molecular complexity index is 4760. The van der Waals surface area contributed by atoms with E-state index in [0.717, 1.165) is 83.8 Å². The lowest BCUT2D eigenvalue weighted by Gasteiger charge is -2.23. The highest BCUT2D eigenvalue weighted by Gasteiger charge is 2.23. The zero-order valence-electron chi connectivity index (χ0n) is 42.0. The van der Waals surface area contributed by atoms with Crippen molar-refractivity contribution in [3.63, 3.8) is 0 Å². The molecule has 0 atom stereocenters. The van der Waals surface area contributed by atoms with Gasteiger partial charge in [0.05, 0.1) is 33.1 Å². The van der Waals surface area contributed by atoms with E-state index in [1.165, 1.54) is 37.8 Å². The van der Waals surface area contributed by atoms with Gasteiger partial charge >= 0.3 is 0 Å². The maximum Gasteiger partial charge on any atom is 0.164 e. The first-order chi connectivity index (χ1) is 38.1. The fraction of sp³-hybridized carbons (Fsp3) is 0.0143. The molecule has 4 heterocycles. The minimum atomic E-state index is 0.589. The molecule has 0 aliphatic heterocycles. The predicted molar refractivity (Wildman–Crippen MR) is 319 cm³/mol. The molecule has 0 fully saturated rings. The van der Waals surface area contributed by atoms with Gasteiger partial charge < -0.3 is 18.6 Å². The van der Waals surface area contributed by atoms with E-state index in [1.807, 2.05) is 18.2 Å². The number of para-hydroxylation sites is 6. The lowest BCUT2D eigenvalue weighted by atomic mass is 10.0. The Kier molecular flexibility index (Phi) is 10.3. The van der Waals surface area contributed by atoms with E-state index >= 15 is 0 Å². The Morgan fingerprint density at radius 1 is 0.286 bits per heavy atom. The summed E-state index contributed by atoms with van der Waals surface area (Å²) in [7, 11) is 2.14. The van der Waals surface area contributed by atoms with Crippen LogP contribution in [0.15, 0.2) is 267 Å². The van der Waals surface area contributed by atoms with Crippen molar-refractivity contribution in [1.82, 2.24) is 28.7 Å². The van der Waals surface area contributed by atoms with Crippen molar-refractivity contribution >= 4 is 76.8 Å². The highest BCUT2D eigenvalue weighted by Crippen LogP contribution is 2.43. The van der Waals surface area contributed by atoms with Gasteiger partial charge in [0.15, 0.2) is 17.5 Å². The van der Waals surface area contributed by atoms with Crippen LogP contribution in [0, 0.1) is 0 Å². The van der Waals surface area contributed by atoms with Gasteiger partial charge in [-0.05, 0) is 84.4 Å². The molecule has 0 saturated carbocycles. The molecule has 0 aliphatic carbocycles. The molecular formula is C70H47N7. The predicted octanol–water partition coefficient (Wildman–Crippen LogP) is 17.6. The molecule has 0 N–H and O–H groups in total. The van der Waals surface area contributed by atoms with Crippen molar-refractivity contribution < 1.29 is 0 Å². The van der Waals surface area contributed by atoms with Crippen molar-refractivity contribution in [1.29, 1.82) is 0 Å². The fourth-order valence-electron chi connectivity index (χ4n) is 11.7. The fourth-order valence-corrected chi connectivity index (χ4v) is 11.7.